The quantitative estimate of drug-likeness (QED) is 0.757. The van der Waals surface area contributed by atoms with Gasteiger partial charge in [0.15, 0.2) is 0 Å². The van der Waals surface area contributed by atoms with Crippen molar-refractivity contribution in [3.8, 4) is 0 Å². The van der Waals surface area contributed by atoms with E-state index >= 15 is 0 Å². The van der Waals surface area contributed by atoms with Gasteiger partial charge in [-0.15, -0.1) is 0 Å². The van der Waals surface area contributed by atoms with E-state index in [1.54, 1.807) is 6.92 Å². The van der Waals surface area contributed by atoms with Gasteiger partial charge in [0.25, 0.3) is 0 Å². The number of likely N-dealkylation sites (tertiary alicyclic amines) is 1. The molecule has 2 fully saturated rings. The Morgan fingerprint density at radius 1 is 1.25 bits per heavy atom. The van der Waals surface area contributed by atoms with Crippen LogP contribution in [-0.2, 0) is 4.79 Å². The van der Waals surface area contributed by atoms with Crippen LogP contribution >= 0.6 is 0 Å². The van der Waals surface area contributed by atoms with Crippen molar-refractivity contribution in [3.05, 3.63) is 0 Å². The smallest absolute Gasteiger partial charge is 0.239 e. The molecule has 1 heterocycles. The third-order valence-electron chi connectivity index (χ3n) is 3.86. The first-order chi connectivity index (χ1) is 7.59. The molecule has 0 aromatic carbocycles. The highest BCUT2D eigenvalue weighted by molar-refractivity contribution is 5.81. The highest BCUT2D eigenvalue weighted by atomic mass is 16.2. The lowest BCUT2D eigenvalue weighted by molar-refractivity contribution is -0.133. The summed E-state index contributed by atoms with van der Waals surface area (Å²) in [6, 6.07) is 1.14. The van der Waals surface area contributed by atoms with Crippen LogP contribution in [0.1, 0.15) is 32.6 Å². The highest BCUT2D eigenvalue weighted by Gasteiger charge is 2.33. The van der Waals surface area contributed by atoms with E-state index < -0.39 is 0 Å². The minimum atomic E-state index is -0.349. The van der Waals surface area contributed by atoms with Crippen molar-refractivity contribution >= 4 is 5.91 Å². The van der Waals surface area contributed by atoms with Crippen LogP contribution in [0.2, 0.25) is 0 Å². The Morgan fingerprint density at radius 3 is 2.19 bits per heavy atom. The van der Waals surface area contributed by atoms with Gasteiger partial charge in [0.1, 0.15) is 0 Å². The van der Waals surface area contributed by atoms with Crippen molar-refractivity contribution in [2.45, 2.75) is 50.7 Å². The number of nitrogens with zero attached hydrogens (tertiary/aromatic N) is 2. The fourth-order valence-electron chi connectivity index (χ4n) is 2.56. The maximum atomic E-state index is 11.7. The molecule has 1 unspecified atom stereocenters. The van der Waals surface area contributed by atoms with Crippen molar-refractivity contribution in [2.75, 3.05) is 20.1 Å². The zero-order valence-corrected chi connectivity index (χ0v) is 10.4. The van der Waals surface area contributed by atoms with Crippen LogP contribution in [0.15, 0.2) is 0 Å². The molecule has 0 radical (unpaired) electrons. The van der Waals surface area contributed by atoms with Gasteiger partial charge < -0.3 is 15.5 Å². The molecule has 1 amide bonds. The molecular weight excluding hydrogens is 202 g/mol. The molecular formula is C12H23N3O. The first-order valence-electron chi connectivity index (χ1n) is 6.36. The van der Waals surface area contributed by atoms with Gasteiger partial charge in [0.2, 0.25) is 5.91 Å². The largest absolute Gasteiger partial charge is 0.341 e. The average molecular weight is 225 g/mol. The van der Waals surface area contributed by atoms with Crippen molar-refractivity contribution in [1.82, 2.24) is 9.80 Å². The SMILES string of the molecule is CC(N)C(=O)N1CCC(N(C)C2CC2)CC1. The van der Waals surface area contributed by atoms with Crippen molar-refractivity contribution < 1.29 is 4.79 Å². The molecule has 0 aromatic heterocycles. The van der Waals surface area contributed by atoms with Crippen LogP contribution < -0.4 is 5.73 Å². The summed E-state index contributed by atoms with van der Waals surface area (Å²) in [7, 11) is 2.23. The van der Waals surface area contributed by atoms with Crippen LogP contribution in [0, 0.1) is 0 Å². The molecule has 16 heavy (non-hydrogen) atoms. The van der Waals surface area contributed by atoms with Gasteiger partial charge in [-0.25, -0.2) is 0 Å². The molecule has 1 saturated carbocycles. The zero-order chi connectivity index (χ0) is 11.7. The summed E-state index contributed by atoms with van der Waals surface area (Å²) in [5.74, 6) is 0.104. The van der Waals surface area contributed by atoms with E-state index in [1.165, 1.54) is 12.8 Å². The summed E-state index contributed by atoms with van der Waals surface area (Å²) < 4.78 is 0. The highest BCUT2D eigenvalue weighted by Crippen LogP contribution is 2.30. The third-order valence-corrected chi connectivity index (χ3v) is 3.86. The summed E-state index contributed by atoms with van der Waals surface area (Å²) in [5.41, 5.74) is 5.62. The number of amides is 1. The van der Waals surface area contributed by atoms with E-state index in [-0.39, 0.29) is 11.9 Å². The minimum Gasteiger partial charge on any atom is -0.341 e. The topological polar surface area (TPSA) is 49.6 Å². The van der Waals surface area contributed by atoms with E-state index in [1.807, 2.05) is 4.90 Å². The Morgan fingerprint density at radius 2 is 1.75 bits per heavy atom. The van der Waals surface area contributed by atoms with Gasteiger partial charge in [0, 0.05) is 25.2 Å². The van der Waals surface area contributed by atoms with E-state index in [9.17, 15) is 4.79 Å². The lowest BCUT2D eigenvalue weighted by Gasteiger charge is -2.37. The van der Waals surface area contributed by atoms with Crippen molar-refractivity contribution in [2.24, 2.45) is 5.73 Å². The van der Waals surface area contributed by atoms with E-state index in [0.29, 0.717) is 6.04 Å². The van der Waals surface area contributed by atoms with Gasteiger partial charge in [-0.3, -0.25) is 4.79 Å². The molecule has 4 nitrogen and oxygen atoms in total. The summed E-state index contributed by atoms with van der Waals surface area (Å²) in [5, 5.41) is 0. The van der Waals surface area contributed by atoms with Crippen LogP contribution in [0.4, 0.5) is 0 Å². The molecule has 92 valence electrons. The number of piperidine rings is 1. The molecule has 4 heteroatoms. The Bertz CT molecular complexity index is 255. The van der Waals surface area contributed by atoms with Gasteiger partial charge in [-0.05, 0) is 39.7 Å². The first-order valence-corrected chi connectivity index (χ1v) is 6.36. The number of carbonyl (C=O) groups excluding carboxylic acids is 1. The molecule has 1 aliphatic carbocycles. The lowest BCUT2D eigenvalue weighted by atomic mass is 10.0. The molecule has 0 spiro atoms. The van der Waals surface area contributed by atoms with Gasteiger partial charge in [-0.2, -0.15) is 0 Å². The molecule has 0 bridgehead atoms. The maximum absolute atomic E-state index is 11.7. The summed E-state index contributed by atoms with van der Waals surface area (Å²) >= 11 is 0. The number of carbonyl (C=O) groups is 1. The normalized spacial score (nSPS) is 24.9. The van der Waals surface area contributed by atoms with Gasteiger partial charge in [0.05, 0.1) is 6.04 Å². The molecule has 1 atom stereocenters. The number of nitrogens with two attached hydrogens (primary N) is 1. The minimum absolute atomic E-state index is 0.104. The van der Waals surface area contributed by atoms with Crippen molar-refractivity contribution in [3.63, 3.8) is 0 Å². The Labute approximate surface area is 97.8 Å². The second kappa shape index (κ2) is 4.72. The van der Waals surface area contributed by atoms with Gasteiger partial charge in [-0.1, -0.05) is 0 Å². The summed E-state index contributed by atoms with van der Waals surface area (Å²) in [6.45, 7) is 3.52. The molecule has 1 aliphatic heterocycles. The van der Waals surface area contributed by atoms with Crippen LogP contribution in [0.3, 0.4) is 0 Å². The fraction of sp³-hybridized carbons (Fsp3) is 0.917. The number of hydrogen-bond acceptors (Lipinski definition) is 3. The van der Waals surface area contributed by atoms with E-state index in [4.69, 9.17) is 5.73 Å². The lowest BCUT2D eigenvalue weighted by Crippen LogP contribution is -2.50. The van der Waals surface area contributed by atoms with Crippen LogP contribution in [0.25, 0.3) is 0 Å². The van der Waals surface area contributed by atoms with Gasteiger partial charge >= 0.3 is 0 Å². The maximum Gasteiger partial charge on any atom is 0.239 e. The average Bonchev–Trinajstić information content (AvgIpc) is 3.11. The Hall–Kier alpha value is -0.610. The molecule has 0 aromatic rings. The van der Waals surface area contributed by atoms with Crippen molar-refractivity contribution in [1.29, 1.82) is 0 Å². The monoisotopic (exact) mass is 225 g/mol. The standard InChI is InChI=1S/C12H23N3O/c1-9(13)12(16)15-7-5-11(6-8-15)14(2)10-3-4-10/h9-11H,3-8,13H2,1-2H3. The van der Waals surface area contributed by atoms with Crippen LogP contribution in [-0.4, -0.2) is 54.0 Å². The molecule has 2 rings (SSSR count). The first kappa shape index (κ1) is 11.9. The number of rotatable bonds is 3. The third kappa shape index (κ3) is 2.55. The molecule has 2 N–H and O–H groups in total. The molecule has 2 aliphatic rings. The summed E-state index contributed by atoms with van der Waals surface area (Å²) in [4.78, 5) is 16.1. The molecule has 1 saturated heterocycles. The zero-order valence-electron chi connectivity index (χ0n) is 10.4. The second-order valence-corrected chi connectivity index (χ2v) is 5.24. The Balaban J connectivity index is 1.79. The predicted molar refractivity (Wildman–Crippen MR) is 64.0 cm³/mol. The fourth-order valence-corrected chi connectivity index (χ4v) is 2.56. The second-order valence-electron chi connectivity index (χ2n) is 5.24. The van der Waals surface area contributed by atoms with Crippen LogP contribution in [0.5, 0.6) is 0 Å². The Kier molecular flexibility index (Phi) is 3.50. The predicted octanol–water partition coefficient (Wildman–Crippen LogP) is 0.419. The number of hydrogen-bond donors (Lipinski definition) is 1. The summed E-state index contributed by atoms with van der Waals surface area (Å²) in [6.07, 6.45) is 4.92. The van der Waals surface area contributed by atoms with E-state index in [2.05, 4.69) is 11.9 Å². The van der Waals surface area contributed by atoms with E-state index in [0.717, 1.165) is 32.0 Å².